The van der Waals surface area contributed by atoms with Crippen LogP contribution in [0.3, 0.4) is 0 Å². The zero-order valence-corrected chi connectivity index (χ0v) is 11.6. The number of nitrogens with zero attached hydrogens (tertiary/aromatic N) is 3. The number of anilines is 2. The maximum absolute atomic E-state index is 9.04. The average molecular weight is 265 g/mol. The zero-order chi connectivity index (χ0) is 13.8. The highest BCUT2D eigenvalue weighted by atomic mass is 16.3. The largest absolute Gasteiger partial charge is 0.396 e. The van der Waals surface area contributed by atoms with Gasteiger partial charge in [0.05, 0.1) is 0 Å². The number of nitrogens with one attached hydrogen (secondary N) is 1. The van der Waals surface area contributed by atoms with Crippen LogP contribution in [0.5, 0.6) is 0 Å². The summed E-state index contributed by atoms with van der Waals surface area (Å²) >= 11 is 0. The van der Waals surface area contributed by atoms with Gasteiger partial charge in [-0.05, 0) is 24.7 Å². The SMILES string of the molecule is CC(C)c1c(NN)ncnc1N1CCC(CCO)C1. The predicted octanol–water partition coefficient (Wildman–Crippen LogP) is 1.09. The summed E-state index contributed by atoms with van der Waals surface area (Å²) in [5, 5.41) is 9.04. The summed E-state index contributed by atoms with van der Waals surface area (Å²) in [6, 6.07) is 0. The molecule has 6 nitrogen and oxygen atoms in total. The number of nitrogens with two attached hydrogens (primary N) is 1. The van der Waals surface area contributed by atoms with Crippen LogP contribution in [-0.4, -0.2) is 34.8 Å². The number of aliphatic hydroxyl groups excluding tert-OH is 1. The van der Waals surface area contributed by atoms with E-state index < -0.39 is 0 Å². The molecule has 1 aliphatic heterocycles. The van der Waals surface area contributed by atoms with E-state index in [0.29, 0.717) is 17.7 Å². The van der Waals surface area contributed by atoms with Crippen molar-refractivity contribution in [1.29, 1.82) is 0 Å². The second-order valence-corrected chi connectivity index (χ2v) is 5.37. The highest BCUT2D eigenvalue weighted by Crippen LogP contribution is 2.33. The summed E-state index contributed by atoms with van der Waals surface area (Å²) in [7, 11) is 0. The van der Waals surface area contributed by atoms with E-state index in [4.69, 9.17) is 10.9 Å². The van der Waals surface area contributed by atoms with E-state index in [2.05, 4.69) is 34.1 Å². The van der Waals surface area contributed by atoms with E-state index in [1.165, 1.54) is 0 Å². The molecule has 4 N–H and O–H groups in total. The van der Waals surface area contributed by atoms with Crippen LogP contribution < -0.4 is 16.2 Å². The van der Waals surface area contributed by atoms with Crippen LogP contribution in [0.25, 0.3) is 0 Å². The van der Waals surface area contributed by atoms with E-state index in [9.17, 15) is 0 Å². The van der Waals surface area contributed by atoms with Gasteiger partial charge in [-0.1, -0.05) is 13.8 Å². The minimum atomic E-state index is 0.259. The van der Waals surface area contributed by atoms with Crippen molar-refractivity contribution in [1.82, 2.24) is 9.97 Å². The Balaban J connectivity index is 2.25. The van der Waals surface area contributed by atoms with Gasteiger partial charge in [0.2, 0.25) is 0 Å². The summed E-state index contributed by atoms with van der Waals surface area (Å²) in [5.41, 5.74) is 3.72. The second-order valence-electron chi connectivity index (χ2n) is 5.37. The molecule has 0 aromatic carbocycles. The number of hydrazine groups is 1. The third kappa shape index (κ3) is 2.96. The fraction of sp³-hybridized carbons (Fsp3) is 0.692. The van der Waals surface area contributed by atoms with Crippen LogP contribution in [0.15, 0.2) is 6.33 Å². The second kappa shape index (κ2) is 6.16. The van der Waals surface area contributed by atoms with Gasteiger partial charge in [0.1, 0.15) is 18.0 Å². The van der Waals surface area contributed by atoms with Crippen LogP contribution >= 0.6 is 0 Å². The number of hydrogen-bond donors (Lipinski definition) is 3. The molecule has 2 rings (SSSR count). The monoisotopic (exact) mass is 265 g/mol. The smallest absolute Gasteiger partial charge is 0.148 e. The Kier molecular flexibility index (Phi) is 4.55. The van der Waals surface area contributed by atoms with Crippen molar-refractivity contribution in [3.8, 4) is 0 Å². The van der Waals surface area contributed by atoms with Gasteiger partial charge in [0, 0.05) is 25.3 Å². The molecule has 0 spiro atoms. The third-order valence-electron chi connectivity index (χ3n) is 3.70. The van der Waals surface area contributed by atoms with Crippen molar-refractivity contribution in [3.05, 3.63) is 11.9 Å². The number of aliphatic hydroxyl groups is 1. The lowest BCUT2D eigenvalue weighted by molar-refractivity contribution is 0.263. The lowest BCUT2D eigenvalue weighted by atomic mass is 10.0. The first-order chi connectivity index (χ1) is 9.17. The molecular formula is C13H23N5O. The molecule has 1 unspecified atom stereocenters. The Morgan fingerprint density at radius 1 is 1.53 bits per heavy atom. The molecule has 106 valence electrons. The third-order valence-corrected chi connectivity index (χ3v) is 3.70. The number of nitrogen functional groups attached to an aromatic ring is 1. The zero-order valence-electron chi connectivity index (χ0n) is 11.6. The Morgan fingerprint density at radius 3 is 2.95 bits per heavy atom. The summed E-state index contributed by atoms with van der Waals surface area (Å²) in [5.74, 6) is 8.06. The van der Waals surface area contributed by atoms with E-state index in [1.807, 2.05) is 0 Å². The molecule has 1 aliphatic rings. The van der Waals surface area contributed by atoms with Gasteiger partial charge in [-0.3, -0.25) is 0 Å². The average Bonchev–Trinajstić information content (AvgIpc) is 2.86. The first kappa shape index (κ1) is 14.0. The minimum Gasteiger partial charge on any atom is -0.396 e. The fourth-order valence-electron chi connectivity index (χ4n) is 2.73. The first-order valence-corrected chi connectivity index (χ1v) is 6.84. The van der Waals surface area contributed by atoms with Gasteiger partial charge in [-0.15, -0.1) is 0 Å². The van der Waals surface area contributed by atoms with Crippen molar-refractivity contribution < 1.29 is 5.11 Å². The minimum absolute atomic E-state index is 0.259. The standard InChI is InChI=1S/C13H23N5O/c1-9(2)11-12(17-14)15-8-16-13(11)18-5-3-10(7-18)4-6-19/h8-10,19H,3-7,14H2,1-2H3,(H,15,16,17). The highest BCUT2D eigenvalue weighted by Gasteiger charge is 2.26. The normalized spacial score (nSPS) is 19.2. The van der Waals surface area contributed by atoms with E-state index in [1.54, 1.807) is 6.33 Å². The summed E-state index contributed by atoms with van der Waals surface area (Å²) < 4.78 is 0. The molecule has 6 heteroatoms. The highest BCUT2D eigenvalue weighted by molar-refractivity contribution is 5.60. The molecule has 0 bridgehead atoms. The molecule has 0 amide bonds. The van der Waals surface area contributed by atoms with Crippen molar-refractivity contribution in [3.63, 3.8) is 0 Å². The lowest BCUT2D eigenvalue weighted by Gasteiger charge is -2.23. The van der Waals surface area contributed by atoms with Crippen LogP contribution in [-0.2, 0) is 0 Å². The topological polar surface area (TPSA) is 87.3 Å². The molecular weight excluding hydrogens is 242 g/mol. The van der Waals surface area contributed by atoms with Gasteiger partial charge in [0.15, 0.2) is 0 Å². The molecule has 2 heterocycles. The summed E-state index contributed by atoms with van der Waals surface area (Å²) in [4.78, 5) is 10.9. The lowest BCUT2D eigenvalue weighted by Crippen LogP contribution is -2.24. The maximum atomic E-state index is 9.04. The van der Waals surface area contributed by atoms with Gasteiger partial charge >= 0.3 is 0 Å². The Labute approximate surface area is 114 Å². The molecule has 1 atom stereocenters. The Bertz CT molecular complexity index is 423. The van der Waals surface area contributed by atoms with Crippen molar-refractivity contribution in [2.45, 2.75) is 32.6 Å². The van der Waals surface area contributed by atoms with Crippen molar-refractivity contribution in [2.75, 3.05) is 30.0 Å². The Morgan fingerprint density at radius 2 is 2.32 bits per heavy atom. The van der Waals surface area contributed by atoms with E-state index >= 15 is 0 Å². The Hall–Kier alpha value is -1.40. The van der Waals surface area contributed by atoms with Crippen LogP contribution in [0.2, 0.25) is 0 Å². The number of hydrogen-bond acceptors (Lipinski definition) is 6. The number of rotatable bonds is 5. The molecule has 1 fully saturated rings. The van der Waals surface area contributed by atoms with Gasteiger partial charge in [-0.2, -0.15) is 0 Å². The molecule has 19 heavy (non-hydrogen) atoms. The molecule has 0 aliphatic carbocycles. The first-order valence-electron chi connectivity index (χ1n) is 6.84. The van der Waals surface area contributed by atoms with Gasteiger partial charge in [0.25, 0.3) is 0 Å². The summed E-state index contributed by atoms with van der Waals surface area (Å²) in [6.07, 6.45) is 3.52. The number of aromatic nitrogens is 2. The molecule has 0 saturated carbocycles. The van der Waals surface area contributed by atoms with Gasteiger partial charge in [-0.25, -0.2) is 15.8 Å². The van der Waals surface area contributed by atoms with E-state index in [-0.39, 0.29) is 6.61 Å². The van der Waals surface area contributed by atoms with Crippen molar-refractivity contribution >= 4 is 11.6 Å². The molecule has 1 aromatic heterocycles. The molecule has 1 saturated heterocycles. The quantitative estimate of drug-likeness (QED) is 0.546. The van der Waals surface area contributed by atoms with Crippen LogP contribution in [0.1, 0.15) is 38.2 Å². The fourth-order valence-corrected chi connectivity index (χ4v) is 2.73. The molecule has 1 aromatic rings. The molecule has 0 radical (unpaired) electrons. The van der Waals surface area contributed by atoms with Gasteiger partial charge < -0.3 is 15.4 Å². The van der Waals surface area contributed by atoms with Crippen molar-refractivity contribution in [2.24, 2.45) is 11.8 Å². The predicted molar refractivity (Wildman–Crippen MR) is 76.0 cm³/mol. The van der Waals surface area contributed by atoms with E-state index in [0.717, 1.165) is 37.3 Å². The van der Waals surface area contributed by atoms with Crippen LogP contribution in [0, 0.1) is 5.92 Å². The summed E-state index contributed by atoms with van der Waals surface area (Å²) in [6.45, 7) is 6.41. The van der Waals surface area contributed by atoms with Crippen LogP contribution in [0.4, 0.5) is 11.6 Å². The maximum Gasteiger partial charge on any atom is 0.148 e.